The molecule has 4 rings (SSSR count). The molecule has 2 aromatic heterocycles. The molecule has 160 valence electrons. The van der Waals surface area contributed by atoms with Crippen molar-refractivity contribution in [2.45, 2.75) is 27.4 Å². The molecule has 2 heterocycles. The lowest BCUT2D eigenvalue weighted by atomic mass is 10.1. The maximum atomic E-state index is 12.3. The van der Waals surface area contributed by atoms with Crippen LogP contribution in [0, 0.1) is 27.3 Å². The van der Waals surface area contributed by atoms with Gasteiger partial charge in [0, 0.05) is 18.2 Å². The van der Waals surface area contributed by atoms with Crippen LogP contribution in [0.3, 0.4) is 0 Å². The van der Waals surface area contributed by atoms with Crippen LogP contribution in [0.1, 0.15) is 22.3 Å². The monoisotopic (exact) mass is 426 g/mol. The Labute approximate surface area is 185 Å². The highest BCUT2D eigenvalue weighted by Gasteiger charge is 2.15. The highest BCUT2D eigenvalue weighted by atomic mass is 16.5. The smallest absolute Gasteiger partial charge is 0.368 e. The largest absolute Gasteiger partial charge is 0.489 e. The van der Waals surface area contributed by atoms with E-state index in [1.165, 1.54) is 9.36 Å². The molecular weight excluding hydrogens is 404 g/mol. The van der Waals surface area contributed by atoms with E-state index in [2.05, 4.69) is 20.3 Å². The summed E-state index contributed by atoms with van der Waals surface area (Å²) in [6, 6.07) is 15.2. The second kappa shape index (κ2) is 8.47. The fourth-order valence-corrected chi connectivity index (χ4v) is 3.51. The Kier molecular flexibility index (Phi) is 5.56. The summed E-state index contributed by atoms with van der Waals surface area (Å²) in [7, 11) is 1.56. The van der Waals surface area contributed by atoms with Crippen LogP contribution in [0.15, 0.2) is 53.3 Å². The third kappa shape index (κ3) is 4.01. The third-order valence-corrected chi connectivity index (χ3v) is 5.25. The molecule has 0 unspecified atom stereocenters. The number of benzene rings is 2. The summed E-state index contributed by atoms with van der Waals surface area (Å²) in [4.78, 5) is 20.2. The van der Waals surface area contributed by atoms with Crippen LogP contribution in [0.25, 0.3) is 21.8 Å². The van der Waals surface area contributed by atoms with Crippen molar-refractivity contribution in [2.75, 3.05) is 0 Å². The Bertz CT molecular complexity index is 1410. The molecule has 8 nitrogen and oxygen atoms in total. The summed E-state index contributed by atoms with van der Waals surface area (Å²) in [5.41, 5.74) is 5.80. The van der Waals surface area contributed by atoms with E-state index in [9.17, 15) is 4.79 Å². The fourth-order valence-electron chi connectivity index (χ4n) is 3.51. The molecule has 0 aliphatic heterocycles. The molecule has 2 aromatic carbocycles. The second-order valence-corrected chi connectivity index (χ2v) is 7.64. The van der Waals surface area contributed by atoms with Crippen molar-refractivity contribution in [1.82, 2.24) is 24.8 Å². The summed E-state index contributed by atoms with van der Waals surface area (Å²) >= 11 is 0. The number of ether oxygens (including phenoxy) is 1. The van der Waals surface area contributed by atoms with Crippen LogP contribution in [-0.4, -0.2) is 24.8 Å². The van der Waals surface area contributed by atoms with E-state index >= 15 is 0 Å². The van der Waals surface area contributed by atoms with E-state index < -0.39 is 0 Å². The van der Waals surface area contributed by atoms with Crippen LogP contribution in [0.2, 0.25) is 0 Å². The standard InChI is InChI=1S/C24H22N6O2/c1-15-11-20(26-23(12-15)25-4)18-9-10-22(17(3)13-18)32-14-19-16(2)7-6-8-21(19)30-24(31)29(5)27-28-30/h6-13H,14H2,1-3,5H3. The Morgan fingerprint density at radius 2 is 1.84 bits per heavy atom. The average molecular weight is 426 g/mol. The van der Waals surface area contributed by atoms with Gasteiger partial charge in [0.05, 0.1) is 5.69 Å². The molecule has 0 radical (unpaired) electrons. The minimum atomic E-state index is -0.318. The molecule has 0 aliphatic carbocycles. The first-order chi connectivity index (χ1) is 15.4. The first-order valence-electron chi connectivity index (χ1n) is 10.0. The zero-order chi connectivity index (χ0) is 22.8. The normalized spacial score (nSPS) is 10.7. The van der Waals surface area contributed by atoms with Gasteiger partial charge in [0.15, 0.2) is 5.69 Å². The van der Waals surface area contributed by atoms with E-state index in [0.29, 0.717) is 11.5 Å². The van der Waals surface area contributed by atoms with Gasteiger partial charge in [-0.05, 0) is 78.7 Å². The highest BCUT2D eigenvalue weighted by molar-refractivity contribution is 5.65. The molecule has 8 heteroatoms. The van der Waals surface area contributed by atoms with Crippen LogP contribution >= 0.6 is 0 Å². The zero-order valence-electron chi connectivity index (χ0n) is 18.3. The molecule has 0 saturated heterocycles. The maximum absolute atomic E-state index is 12.3. The molecule has 0 N–H and O–H groups in total. The van der Waals surface area contributed by atoms with Crippen molar-refractivity contribution in [3.63, 3.8) is 0 Å². The molecule has 0 aliphatic rings. The summed E-state index contributed by atoms with van der Waals surface area (Å²) in [5, 5.41) is 7.76. The molecule has 4 aromatic rings. The lowest BCUT2D eigenvalue weighted by Crippen LogP contribution is -2.23. The van der Waals surface area contributed by atoms with Crippen molar-refractivity contribution in [3.8, 4) is 22.7 Å². The lowest BCUT2D eigenvalue weighted by Gasteiger charge is -2.14. The Hall–Kier alpha value is -4.25. The third-order valence-electron chi connectivity index (χ3n) is 5.25. The topological polar surface area (TPSA) is 79.2 Å². The van der Waals surface area contributed by atoms with Crippen LogP contribution in [0.5, 0.6) is 5.75 Å². The summed E-state index contributed by atoms with van der Waals surface area (Å²) in [6.07, 6.45) is 0. The Morgan fingerprint density at radius 1 is 1.03 bits per heavy atom. The van der Waals surface area contributed by atoms with Crippen molar-refractivity contribution < 1.29 is 4.74 Å². The fraction of sp³-hybridized carbons (Fsp3) is 0.208. The average Bonchev–Trinajstić information content (AvgIpc) is 3.11. The number of pyridine rings is 1. The summed E-state index contributed by atoms with van der Waals surface area (Å²) in [5.74, 6) is 1.11. The number of hydrogen-bond donors (Lipinski definition) is 0. The van der Waals surface area contributed by atoms with Crippen molar-refractivity contribution in [1.29, 1.82) is 0 Å². The second-order valence-electron chi connectivity index (χ2n) is 7.64. The summed E-state index contributed by atoms with van der Waals surface area (Å²) in [6.45, 7) is 13.4. The highest BCUT2D eigenvalue weighted by Crippen LogP contribution is 2.28. The molecule has 32 heavy (non-hydrogen) atoms. The number of rotatable bonds is 5. The van der Waals surface area contributed by atoms with Gasteiger partial charge in [-0.2, -0.15) is 9.36 Å². The van der Waals surface area contributed by atoms with E-state index in [0.717, 1.165) is 39.3 Å². The van der Waals surface area contributed by atoms with Crippen molar-refractivity contribution in [2.24, 2.45) is 7.05 Å². The SMILES string of the molecule is [C-]#[N+]c1cc(C)cc(-c2ccc(OCc3c(C)cccc3-n3nnn(C)c3=O)c(C)c2)n1. The van der Waals surface area contributed by atoms with Gasteiger partial charge in [-0.3, -0.25) is 0 Å². The quantitative estimate of drug-likeness (QED) is 0.449. The predicted octanol–water partition coefficient (Wildman–Crippen LogP) is 4.08. The lowest BCUT2D eigenvalue weighted by molar-refractivity contribution is 0.302. The minimum absolute atomic E-state index is 0.274. The van der Waals surface area contributed by atoms with Gasteiger partial charge in [0.1, 0.15) is 12.4 Å². The first kappa shape index (κ1) is 21.0. The van der Waals surface area contributed by atoms with Crippen LogP contribution in [0.4, 0.5) is 5.82 Å². The van der Waals surface area contributed by atoms with E-state index in [4.69, 9.17) is 11.3 Å². The Balaban J connectivity index is 1.62. The van der Waals surface area contributed by atoms with E-state index in [1.54, 1.807) is 13.1 Å². The van der Waals surface area contributed by atoms with Gasteiger partial charge >= 0.3 is 5.69 Å². The molecule has 0 fully saturated rings. The van der Waals surface area contributed by atoms with Gasteiger partial charge in [-0.15, -0.1) is 4.98 Å². The molecule has 0 amide bonds. The van der Waals surface area contributed by atoms with Gasteiger partial charge in [0.2, 0.25) is 0 Å². The van der Waals surface area contributed by atoms with Crippen molar-refractivity contribution >= 4 is 5.82 Å². The number of hydrogen-bond acceptors (Lipinski definition) is 5. The van der Waals surface area contributed by atoms with Crippen molar-refractivity contribution in [3.05, 3.63) is 92.7 Å². The van der Waals surface area contributed by atoms with Crippen LogP contribution in [-0.2, 0) is 13.7 Å². The first-order valence-corrected chi connectivity index (χ1v) is 10.0. The number of aryl methyl sites for hydroxylation is 4. The molecule has 0 spiro atoms. The van der Waals surface area contributed by atoms with E-state index in [-0.39, 0.29) is 12.3 Å². The van der Waals surface area contributed by atoms with Gasteiger partial charge < -0.3 is 9.58 Å². The molecular formula is C24H22N6O2. The zero-order valence-corrected chi connectivity index (χ0v) is 18.3. The summed E-state index contributed by atoms with van der Waals surface area (Å²) < 4.78 is 8.60. The molecule has 0 atom stereocenters. The minimum Gasteiger partial charge on any atom is -0.489 e. The number of tetrazole rings is 1. The molecule has 0 bridgehead atoms. The van der Waals surface area contributed by atoms with Gasteiger partial charge in [0.25, 0.3) is 5.82 Å². The maximum Gasteiger partial charge on any atom is 0.368 e. The molecule has 0 saturated carbocycles. The predicted molar refractivity (Wildman–Crippen MR) is 121 cm³/mol. The Morgan fingerprint density at radius 3 is 2.53 bits per heavy atom. The van der Waals surface area contributed by atoms with Gasteiger partial charge in [-0.1, -0.05) is 24.3 Å². The number of nitrogens with zero attached hydrogens (tertiary/aromatic N) is 6. The van der Waals surface area contributed by atoms with Gasteiger partial charge in [-0.25, -0.2) is 4.79 Å². The van der Waals surface area contributed by atoms with E-state index in [1.807, 2.05) is 63.2 Å². The van der Waals surface area contributed by atoms with Crippen LogP contribution < -0.4 is 10.4 Å². The number of aromatic nitrogens is 5.